The molecule has 1 heterocycles. The number of nitrogens with one attached hydrogen (secondary N) is 2. The lowest BCUT2D eigenvalue weighted by Gasteiger charge is -2.05. The lowest BCUT2D eigenvalue weighted by Crippen LogP contribution is -2.17. The van der Waals surface area contributed by atoms with Gasteiger partial charge in [-0.2, -0.15) is 0 Å². The number of halogens is 1. The van der Waals surface area contributed by atoms with E-state index in [9.17, 15) is 0 Å². The van der Waals surface area contributed by atoms with Gasteiger partial charge in [0, 0.05) is 28.7 Å². The van der Waals surface area contributed by atoms with Crippen LogP contribution in [0.4, 0.5) is 0 Å². The van der Waals surface area contributed by atoms with Gasteiger partial charge in [-0.15, -0.1) is 0 Å². The molecule has 1 atom stereocenters. The van der Waals surface area contributed by atoms with Crippen molar-refractivity contribution in [3.63, 3.8) is 0 Å². The molecule has 1 unspecified atom stereocenters. The summed E-state index contributed by atoms with van der Waals surface area (Å²) in [4.78, 5) is 3.27. The van der Waals surface area contributed by atoms with Crippen molar-refractivity contribution in [3.05, 3.63) is 35.0 Å². The Labute approximate surface area is 113 Å². The molecule has 3 heteroatoms. The van der Waals surface area contributed by atoms with Gasteiger partial charge in [-0.1, -0.05) is 31.5 Å². The van der Waals surface area contributed by atoms with E-state index in [-0.39, 0.29) is 0 Å². The van der Waals surface area contributed by atoms with Crippen molar-refractivity contribution < 1.29 is 0 Å². The molecule has 0 spiro atoms. The van der Waals surface area contributed by atoms with E-state index >= 15 is 0 Å². The average Bonchev–Trinajstić information content (AvgIpc) is 2.74. The van der Waals surface area contributed by atoms with Crippen LogP contribution in [0.5, 0.6) is 0 Å². The van der Waals surface area contributed by atoms with Gasteiger partial charge in [-0.05, 0) is 42.0 Å². The molecule has 0 amide bonds. The first-order valence-electron chi connectivity index (χ1n) is 6.52. The highest BCUT2D eigenvalue weighted by atomic mass is 35.5. The van der Waals surface area contributed by atoms with Gasteiger partial charge in [0.1, 0.15) is 0 Å². The number of aromatic nitrogens is 1. The lowest BCUT2D eigenvalue weighted by molar-refractivity contribution is 0.520. The smallest absolute Gasteiger partial charge is 0.0472 e. The molecule has 1 saturated carbocycles. The Balaban J connectivity index is 1.64. The first kappa shape index (κ1) is 12.1. The van der Waals surface area contributed by atoms with Gasteiger partial charge in [0.15, 0.2) is 0 Å². The van der Waals surface area contributed by atoms with Crippen LogP contribution >= 0.6 is 11.6 Å². The highest BCUT2D eigenvalue weighted by molar-refractivity contribution is 6.31. The van der Waals surface area contributed by atoms with Crippen LogP contribution in [0.3, 0.4) is 0 Å². The normalized spacial score (nSPS) is 21.4. The van der Waals surface area contributed by atoms with Crippen LogP contribution in [0.2, 0.25) is 5.02 Å². The monoisotopic (exact) mass is 262 g/mol. The second-order valence-corrected chi connectivity index (χ2v) is 6.46. The third kappa shape index (κ3) is 2.27. The maximum Gasteiger partial charge on any atom is 0.0472 e. The van der Waals surface area contributed by atoms with Crippen LogP contribution in [-0.4, -0.2) is 11.5 Å². The molecule has 0 aliphatic heterocycles. The molecule has 0 bridgehead atoms. The topological polar surface area (TPSA) is 27.8 Å². The first-order valence-corrected chi connectivity index (χ1v) is 6.90. The van der Waals surface area contributed by atoms with E-state index in [0.717, 1.165) is 29.5 Å². The van der Waals surface area contributed by atoms with Gasteiger partial charge in [0.25, 0.3) is 0 Å². The second-order valence-electron chi connectivity index (χ2n) is 6.02. The number of rotatable bonds is 4. The van der Waals surface area contributed by atoms with Gasteiger partial charge in [0.05, 0.1) is 0 Å². The molecule has 1 fully saturated rings. The minimum atomic E-state index is 0.556. The Morgan fingerprint density at radius 3 is 2.94 bits per heavy atom. The predicted molar refractivity (Wildman–Crippen MR) is 76.9 cm³/mol. The molecule has 2 N–H and O–H groups in total. The van der Waals surface area contributed by atoms with Crippen molar-refractivity contribution in [2.24, 2.45) is 11.3 Å². The number of fused-ring (bicyclic) bond motifs is 1. The van der Waals surface area contributed by atoms with E-state index in [1.807, 2.05) is 12.1 Å². The highest BCUT2D eigenvalue weighted by Gasteiger charge is 2.44. The minimum absolute atomic E-state index is 0.556. The zero-order chi connectivity index (χ0) is 12.8. The summed E-state index contributed by atoms with van der Waals surface area (Å²) in [6.45, 7) is 6.72. The van der Waals surface area contributed by atoms with Gasteiger partial charge in [-0.3, -0.25) is 0 Å². The zero-order valence-electron chi connectivity index (χ0n) is 10.9. The summed E-state index contributed by atoms with van der Waals surface area (Å²) >= 11 is 5.98. The Morgan fingerprint density at radius 2 is 2.22 bits per heavy atom. The summed E-state index contributed by atoms with van der Waals surface area (Å²) in [5.74, 6) is 0.845. The van der Waals surface area contributed by atoms with E-state index in [2.05, 4.69) is 36.4 Å². The van der Waals surface area contributed by atoms with Gasteiger partial charge in [0.2, 0.25) is 0 Å². The van der Waals surface area contributed by atoms with Gasteiger partial charge in [-0.25, -0.2) is 0 Å². The number of hydrogen-bond donors (Lipinski definition) is 2. The summed E-state index contributed by atoms with van der Waals surface area (Å²) < 4.78 is 0. The van der Waals surface area contributed by atoms with Crippen LogP contribution in [0.15, 0.2) is 24.4 Å². The molecule has 2 aromatic rings. The highest BCUT2D eigenvalue weighted by Crippen LogP contribution is 2.50. The number of benzene rings is 1. The minimum Gasteiger partial charge on any atom is -0.361 e. The van der Waals surface area contributed by atoms with Crippen LogP contribution < -0.4 is 5.32 Å². The third-order valence-electron chi connectivity index (χ3n) is 4.15. The van der Waals surface area contributed by atoms with Crippen LogP contribution in [0.25, 0.3) is 10.9 Å². The quantitative estimate of drug-likeness (QED) is 0.858. The third-order valence-corrected chi connectivity index (χ3v) is 4.39. The molecular formula is C15H19ClN2. The standard InChI is InChI=1S/C15H19ClN2/c1-15(2)6-11(15)9-17-7-10-8-18-14-5-12(16)3-4-13(10)14/h3-5,8,11,17-18H,6-7,9H2,1-2H3. The Morgan fingerprint density at radius 1 is 1.44 bits per heavy atom. The summed E-state index contributed by atoms with van der Waals surface area (Å²) in [7, 11) is 0. The Kier molecular flexibility index (Phi) is 2.87. The fourth-order valence-electron chi connectivity index (χ4n) is 2.61. The predicted octanol–water partition coefficient (Wildman–Crippen LogP) is 3.96. The first-order chi connectivity index (χ1) is 8.56. The molecule has 0 saturated heterocycles. The molecular weight excluding hydrogens is 244 g/mol. The second kappa shape index (κ2) is 4.29. The molecule has 96 valence electrons. The Bertz CT molecular complexity index is 571. The fourth-order valence-corrected chi connectivity index (χ4v) is 2.78. The Hall–Kier alpha value is -0.990. The number of aromatic amines is 1. The summed E-state index contributed by atoms with van der Waals surface area (Å²) in [6, 6.07) is 6.02. The maximum atomic E-state index is 5.98. The number of H-pyrrole nitrogens is 1. The molecule has 2 nitrogen and oxygen atoms in total. The molecule has 1 aromatic carbocycles. The largest absolute Gasteiger partial charge is 0.361 e. The van der Waals surface area contributed by atoms with Gasteiger partial charge >= 0.3 is 0 Å². The van der Waals surface area contributed by atoms with Crippen LogP contribution in [0, 0.1) is 11.3 Å². The van der Waals surface area contributed by atoms with Crippen molar-refractivity contribution >= 4 is 22.5 Å². The maximum absolute atomic E-state index is 5.98. The zero-order valence-corrected chi connectivity index (χ0v) is 11.6. The molecule has 0 radical (unpaired) electrons. The molecule has 1 aromatic heterocycles. The average molecular weight is 263 g/mol. The van der Waals surface area contributed by atoms with E-state index in [1.54, 1.807) is 0 Å². The van der Waals surface area contributed by atoms with Crippen molar-refractivity contribution in [3.8, 4) is 0 Å². The van der Waals surface area contributed by atoms with Crippen LogP contribution in [0.1, 0.15) is 25.8 Å². The van der Waals surface area contributed by atoms with Gasteiger partial charge < -0.3 is 10.3 Å². The van der Waals surface area contributed by atoms with E-state index in [0.29, 0.717) is 5.41 Å². The fraction of sp³-hybridized carbons (Fsp3) is 0.467. The molecule has 3 rings (SSSR count). The molecule has 1 aliphatic carbocycles. The lowest BCUT2D eigenvalue weighted by atomic mass is 10.1. The van der Waals surface area contributed by atoms with Crippen molar-refractivity contribution in [1.82, 2.24) is 10.3 Å². The summed E-state index contributed by atoms with van der Waals surface area (Å²) in [5.41, 5.74) is 2.99. The summed E-state index contributed by atoms with van der Waals surface area (Å²) in [6.07, 6.45) is 3.43. The number of hydrogen-bond acceptors (Lipinski definition) is 1. The van der Waals surface area contributed by atoms with Crippen LogP contribution in [-0.2, 0) is 6.54 Å². The van der Waals surface area contributed by atoms with E-state index in [1.165, 1.54) is 17.4 Å². The molecule has 1 aliphatic rings. The SMILES string of the molecule is CC1(C)CC1CNCc1c[nH]c2cc(Cl)ccc12. The van der Waals surface area contributed by atoms with Crippen molar-refractivity contribution in [1.29, 1.82) is 0 Å². The molecule has 18 heavy (non-hydrogen) atoms. The van der Waals surface area contributed by atoms with Crippen molar-refractivity contribution in [2.75, 3.05) is 6.54 Å². The van der Waals surface area contributed by atoms with E-state index in [4.69, 9.17) is 11.6 Å². The summed E-state index contributed by atoms with van der Waals surface area (Å²) in [5, 5.41) is 5.61. The van der Waals surface area contributed by atoms with E-state index < -0.39 is 0 Å². The van der Waals surface area contributed by atoms with Crippen molar-refractivity contribution in [2.45, 2.75) is 26.8 Å².